The molecule has 2 N–H and O–H groups in total. The van der Waals surface area contributed by atoms with Crippen molar-refractivity contribution in [3.63, 3.8) is 0 Å². The second-order valence-electron chi connectivity index (χ2n) is 5.83. The van der Waals surface area contributed by atoms with Crippen molar-refractivity contribution in [3.8, 4) is 0 Å². The first-order valence-electron chi connectivity index (χ1n) is 8.35. The maximum Gasteiger partial charge on any atom is 0.416 e. The molecule has 0 aliphatic heterocycles. The van der Waals surface area contributed by atoms with Crippen molar-refractivity contribution in [2.45, 2.75) is 26.9 Å². The third-order valence-electron chi connectivity index (χ3n) is 4.03. The van der Waals surface area contributed by atoms with E-state index < -0.39 is 17.8 Å². The van der Waals surface area contributed by atoms with E-state index >= 15 is 0 Å². The normalized spacial score (nSPS) is 11.2. The number of aryl methyl sites for hydroxylation is 1. The van der Waals surface area contributed by atoms with Crippen LogP contribution in [0.1, 0.15) is 25.0 Å². The summed E-state index contributed by atoms with van der Waals surface area (Å²) in [6.07, 6.45) is -4.45. The lowest BCUT2D eigenvalue weighted by atomic mass is 10.1. The Bertz CT molecular complexity index is 771. The number of hydrogen-bond acceptors (Lipinski definition) is 2. The Kier molecular flexibility index (Phi) is 6.13. The van der Waals surface area contributed by atoms with Gasteiger partial charge in [-0.15, -0.1) is 0 Å². The number of urea groups is 1. The molecule has 26 heavy (non-hydrogen) atoms. The number of amides is 2. The Morgan fingerprint density at radius 3 is 2.31 bits per heavy atom. The van der Waals surface area contributed by atoms with Gasteiger partial charge in [0.25, 0.3) is 0 Å². The van der Waals surface area contributed by atoms with Gasteiger partial charge in [-0.05, 0) is 62.7 Å². The molecule has 4 nitrogen and oxygen atoms in total. The Labute approximate surface area is 151 Å². The van der Waals surface area contributed by atoms with Crippen LogP contribution in [-0.2, 0) is 6.18 Å². The van der Waals surface area contributed by atoms with Crippen LogP contribution in [-0.4, -0.2) is 19.1 Å². The summed E-state index contributed by atoms with van der Waals surface area (Å²) in [7, 11) is 0. The number of rotatable bonds is 5. The molecule has 2 amide bonds. The zero-order chi connectivity index (χ0) is 19.3. The quantitative estimate of drug-likeness (QED) is 0.734. The predicted molar refractivity (Wildman–Crippen MR) is 98.8 cm³/mol. The number of nitrogens with zero attached hydrogens (tertiary/aromatic N) is 1. The molecule has 0 spiro atoms. The first-order chi connectivity index (χ1) is 12.2. The van der Waals surface area contributed by atoms with E-state index in [-0.39, 0.29) is 5.69 Å². The van der Waals surface area contributed by atoms with Crippen LogP contribution in [0.25, 0.3) is 0 Å². The first-order valence-corrected chi connectivity index (χ1v) is 8.35. The monoisotopic (exact) mass is 365 g/mol. The van der Waals surface area contributed by atoms with Crippen LogP contribution in [0.15, 0.2) is 42.5 Å². The number of hydrogen-bond donors (Lipinski definition) is 2. The second-order valence-corrected chi connectivity index (χ2v) is 5.83. The fourth-order valence-corrected chi connectivity index (χ4v) is 2.63. The fraction of sp³-hybridized carbons (Fsp3) is 0.316. The molecule has 0 atom stereocenters. The Balaban J connectivity index is 2.09. The van der Waals surface area contributed by atoms with Gasteiger partial charge in [-0.25, -0.2) is 4.79 Å². The van der Waals surface area contributed by atoms with E-state index in [1.165, 1.54) is 12.1 Å². The number of carbonyl (C=O) groups excluding carboxylic acids is 1. The van der Waals surface area contributed by atoms with E-state index in [1.807, 2.05) is 19.1 Å². The lowest BCUT2D eigenvalue weighted by Crippen LogP contribution is -2.23. The van der Waals surface area contributed by atoms with Gasteiger partial charge in [-0.3, -0.25) is 0 Å². The number of anilines is 3. The van der Waals surface area contributed by atoms with Gasteiger partial charge >= 0.3 is 12.2 Å². The molecular weight excluding hydrogens is 343 g/mol. The minimum Gasteiger partial charge on any atom is -0.372 e. The summed E-state index contributed by atoms with van der Waals surface area (Å²) in [4.78, 5) is 14.3. The SMILES string of the molecule is CCN(CC)c1ccc(NC(=O)Nc2cccc(C(F)(F)F)c2)c(C)c1. The molecule has 0 unspecified atom stereocenters. The molecular formula is C19H22F3N3O. The van der Waals surface area contributed by atoms with Gasteiger partial charge in [-0.1, -0.05) is 6.07 Å². The van der Waals surface area contributed by atoms with Gasteiger partial charge < -0.3 is 15.5 Å². The summed E-state index contributed by atoms with van der Waals surface area (Å²) in [5.74, 6) is 0. The molecule has 0 fully saturated rings. The van der Waals surface area contributed by atoms with Crippen LogP contribution in [0.4, 0.5) is 35.0 Å². The van der Waals surface area contributed by atoms with Crippen molar-refractivity contribution in [1.29, 1.82) is 0 Å². The summed E-state index contributed by atoms with van der Waals surface area (Å²) in [6, 6.07) is 9.58. The van der Waals surface area contributed by atoms with Crippen LogP contribution in [0, 0.1) is 6.92 Å². The average Bonchev–Trinajstić information content (AvgIpc) is 2.58. The first kappa shape index (κ1) is 19.6. The summed E-state index contributed by atoms with van der Waals surface area (Å²) in [6.45, 7) is 7.74. The molecule has 2 aromatic carbocycles. The summed E-state index contributed by atoms with van der Waals surface area (Å²) in [5.41, 5.74) is 1.79. The summed E-state index contributed by atoms with van der Waals surface area (Å²) in [5, 5.41) is 5.10. The maximum atomic E-state index is 12.7. The standard InChI is InChI=1S/C19H22F3N3O/c1-4-25(5-2)16-9-10-17(13(3)11-16)24-18(26)23-15-8-6-7-14(12-15)19(20,21)22/h6-12H,4-5H2,1-3H3,(H2,23,24,26). The number of nitrogens with one attached hydrogen (secondary N) is 2. The van der Waals surface area contributed by atoms with Gasteiger partial charge in [0.1, 0.15) is 0 Å². The lowest BCUT2D eigenvalue weighted by molar-refractivity contribution is -0.137. The van der Waals surface area contributed by atoms with Crippen molar-refractivity contribution >= 4 is 23.1 Å². The number of halogens is 3. The predicted octanol–water partition coefficient (Wildman–Crippen LogP) is 5.50. The Morgan fingerprint density at radius 2 is 1.73 bits per heavy atom. The van der Waals surface area contributed by atoms with Gasteiger partial charge in [0.2, 0.25) is 0 Å². The van der Waals surface area contributed by atoms with Crippen molar-refractivity contribution < 1.29 is 18.0 Å². The highest BCUT2D eigenvalue weighted by molar-refractivity contribution is 6.00. The molecule has 0 aliphatic carbocycles. The van der Waals surface area contributed by atoms with E-state index in [1.54, 1.807) is 6.07 Å². The minimum absolute atomic E-state index is 0.0785. The molecule has 2 rings (SSSR count). The van der Waals surface area contributed by atoms with Gasteiger partial charge in [0, 0.05) is 30.2 Å². The Hall–Kier alpha value is -2.70. The van der Waals surface area contributed by atoms with Crippen molar-refractivity contribution in [2.75, 3.05) is 28.6 Å². The van der Waals surface area contributed by atoms with Crippen molar-refractivity contribution in [1.82, 2.24) is 0 Å². The highest BCUT2D eigenvalue weighted by Gasteiger charge is 2.30. The molecule has 0 heterocycles. The summed E-state index contributed by atoms with van der Waals surface area (Å²) >= 11 is 0. The molecule has 0 bridgehead atoms. The topological polar surface area (TPSA) is 44.4 Å². The largest absolute Gasteiger partial charge is 0.416 e. The minimum atomic E-state index is -4.45. The lowest BCUT2D eigenvalue weighted by Gasteiger charge is -2.22. The van der Waals surface area contributed by atoms with E-state index in [9.17, 15) is 18.0 Å². The third kappa shape index (κ3) is 4.91. The molecule has 0 radical (unpaired) electrons. The van der Waals surface area contributed by atoms with Crippen LogP contribution in [0.5, 0.6) is 0 Å². The van der Waals surface area contributed by atoms with Crippen LogP contribution in [0.3, 0.4) is 0 Å². The average molecular weight is 365 g/mol. The fourth-order valence-electron chi connectivity index (χ4n) is 2.63. The smallest absolute Gasteiger partial charge is 0.372 e. The zero-order valence-corrected chi connectivity index (χ0v) is 14.9. The number of alkyl halides is 3. The maximum absolute atomic E-state index is 12.7. The van der Waals surface area contributed by atoms with Gasteiger partial charge in [0.15, 0.2) is 0 Å². The van der Waals surface area contributed by atoms with Crippen molar-refractivity contribution in [3.05, 3.63) is 53.6 Å². The van der Waals surface area contributed by atoms with Crippen LogP contribution >= 0.6 is 0 Å². The zero-order valence-electron chi connectivity index (χ0n) is 14.9. The highest BCUT2D eigenvalue weighted by atomic mass is 19.4. The van der Waals surface area contributed by atoms with E-state index in [0.29, 0.717) is 5.69 Å². The molecule has 0 saturated carbocycles. The molecule has 0 aliphatic rings. The van der Waals surface area contributed by atoms with Gasteiger partial charge in [0.05, 0.1) is 5.56 Å². The van der Waals surface area contributed by atoms with Crippen LogP contribution in [0.2, 0.25) is 0 Å². The molecule has 0 aromatic heterocycles. The third-order valence-corrected chi connectivity index (χ3v) is 4.03. The van der Waals surface area contributed by atoms with E-state index in [0.717, 1.165) is 36.5 Å². The van der Waals surface area contributed by atoms with E-state index in [4.69, 9.17) is 0 Å². The highest BCUT2D eigenvalue weighted by Crippen LogP contribution is 2.30. The van der Waals surface area contributed by atoms with Crippen molar-refractivity contribution in [2.24, 2.45) is 0 Å². The van der Waals surface area contributed by atoms with Crippen LogP contribution < -0.4 is 15.5 Å². The molecule has 140 valence electrons. The second kappa shape index (κ2) is 8.12. The number of carbonyl (C=O) groups is 1. The van der Waals surface area contributed by atoms with E-state index in [2.05, 4.69) is 29.4 Å². The Morgan fingerprint density at radius 1 is 1.04 bits per heavy atom. The molecule has 0 saturated heterocycles. The molecule has 7 heteroatoms. The van der Waals surface area contributed by atoms with Gasteiger partial charge in [-0.2, -0.15) is 13.2 Å². The molecule has 2 aromatic rings. The number of benzene rings is 2. The summed E-state index contributed by atoms with van der Waals surface area (Å²) < 4.78 is 38.2.